The van der Waals surface area contributed by atoms with Crippen molar-refractivity contribution in [1.29, 1.82) is 0 Å². The third-order valence-corrected chi connectivity index (χ3v) is 3.28. The van der Waals surface area contributed by atoms with Gasteiger partial charge in [-0.1, -0.05) is 0 Å². The molecule has 90 valence electrons. The van der Waals surface area contributed by atoms with Crippen LogP contribution in [0.1, 0.15) is 23.1 Å². The van der Waals surface area contributed by atoms with Crippen LogP contribution in [0.4, 0.5) is 10.5 Å². The van der Waals surface area contributed by atoms with E-state index in [4.69, 9.17) is 0 Å². The largest absolute Gasteiger partial charge is 0.328 e. The van der Waals surface area contributed by atoms with Crippen molar-refractivity contribution in [3.8, 4) is 0 Å². The molecule has 1 aliphatic rings. The SMILES string of the molecule is Cc1cc(N2CCC(=O)NC2=O)cc(C)c1C. The average molecular weight is 232 g/mol. The van der Waals surface area contributed by atoms with Gasteiger partial charge < -0.3 is 0 Å². The fourth-order valence-electron chi connectivity index (χ4n) is 1.98. The van der Waals surface area contributed by atoms with Crippen LogP contribution in [-0.2, 0) is 4.79 Å². The zero-order valence-electron chi connectivity index (χ0n) is 10.3. The quantitative estimate of drug-likeness (QED) is 0.805. The molecule has 1 aromatic rings. The summed E-state index contributed by atoms with van der Waals surface area (Å²) in [5.41, 5.74) is 4.41. The molecule has 1 saturated heterocycles. The molecular weight excluding hydrogens is 216 g/mol. The van der Waals surface area contributed by atoms with Crippen molar-refractivity contribution in [2.75, 3.05) is 11.4 Å². The first-order chi connectivity index (χ1) is 7.99. The molecule has 0 spiro atoms. The van der Waals surface area contributed by atoms with Gasteiger partial charge in [-0.15, -0.1) is 0 Å². The summed E-state index contributed by atoms with van der Waals surface area (Å²) in [6, 6.07) is 3.64. The van der Waals surface area contributed by atoms with Gasteiger partial charge in [0.05, 0.1) is 0 Å². The molecule has 4 nitrogen and oxygen atoms in total. The van der Waals surface area contributed by atoms with E-state index in [0.29, 0.717) is 13.0 Å². The number of nitrogens with one attached hydrogen (secondary N) is 1. The average Bonchev–Trinajstić information content (AvgIpc) is 2.25. The van der Waals surface area contributed by atoms with E-state index >= 15 is 0 Å². The maximum atomic E-state index is 11.7. The molecule has 1 aromatic carbocycles. The second-order valence-corrected chi connectivity index (χ2v) is 4.46. The van der Waals surface area contributed by atoms with Gasteiger partial charge in [0.25, 0.3) is 0 Å². The normalized spacial score (nSPS) is 16.1. The predicted octanol–water partition coefficient (Wildman–Crippen LogP) is 2.06. The Balaban J connectivity index is 2.34. The fourth-order valence-corrected chi connectivity index (χ4v) is 1.98. The number of urea groups is 1. The number of anilines is 1. The molecular formula is C13H16N2O2. The van der Waals surface area contributed by atoms with E-state index in [0.717, 1.165) is 16.8 Å². The van der Waals surface area contributed by atoms with Gasteiger partial charge in [0.2, 0.25) is 5.91 Å². The van der Waals surface area contributed by atoms with Gasteiger partial charge in [0.15, 0.2) is 0 Å². The first-order valence-electron chi connectivity index (χ1n) is 5.68. The maximum absolute atomic E-state index is 11.7. The summed E-state index contributed by atoms with van der Waals surface area (Å²) in [6.07, 6.45) is 0.359. The Hall–Kier alpha value is -1.84. The Morgan fingerprint density at radius 2 is 1.71 bits per heavy atom. The molecule has 0 unspecified atom stereocenters. The third-order valence-electron chi connectivity index (χ3n) is 3.28. The van der Waals surface area contributed by atoms with E-state index < -0.39 is 0 Å². The van der Waals surface area contributed by atoms with Gasteiger partial charge in [0.1, 0.15) is 0 Å². The molecule has 17 heavy (non-hydrogen) atoms. The van der Waals surface area contributed by atoms with E-state index in [1.165, 1.54) is 5.56 Å². The van der Waals surface area contributed by atoms with Gasteiger partial charge in [-0.2, -0.15) is 0 Å². The highest BCUT2D eigenvalue weighted by atomic mass is 16.2. The highest BCUT2D eigenvalue weighted by molar-refractivity contribution is 6.05. The highest BCUT2D eigenvalue weighted by Crippen LogP contribution is 2.23. The molecule has 0 atom stereocenters. The molecule has 1 fully saturated rings. The molecule has 3 amide bonds. The van der Waals surface area contributed by atoms with Crippen LogP contribution in [0.2, 0.25) is 0 Å². The second-order valence-electron chi connectivity index (χ2n) is 4.46. The third kappa shape index (κ3) is 2.16. The van der Waals surface area contributed by atoms with Gasteiger partial charge in [0, 0.05) is 18.7 Å². The van der Waals surface area contributed by atoms with Gasteiger partial charge >= 0.3 is 6.03 Å². The molecule has 1 aliphatic heterocycles. The smallest absolute Gasteiger partial charge is 0.294 e. The van der Waals surface area contributed by atoms with Crippen molar-refractivity contribution in [2.45, 2.75) is 27.2 Å². The number of hydrogen-bond donors (Lipinski definition) is 1. The number of carbonyl (C=O) groups is 2. The van der Waals surface area contributed by atoms with Crippen LogP contribution in [0, 0.1) is 20.8 Å². The maximum Gasteiger partial charge on any atom is 0.328 e. The topological polar surface area (TPSA) is 49.4 Å². The van der Waals surface area contributed by atoms with Crippen LogP contribution in [0.3, 0.4) is 0 Å². The van der Waals surface area contributed by atoms with Gasteiger partial charge in [-0.05, 0) is 49.6 Å². The Labute approximate surface area is 101 Å². The van der Waals surface area contributed by atoms with Crippen LogP contribution in [0.25, 0.3) is 0 Å². The lowest BCUT2D eigenvalue weighted by Crippen LogP contribution is -2.49. The molecule has 0 aromatic heterocycles. The fraction of sp³-hybridized carbons (Fsp3) is 0.385. The van der Waals surface area contributed by atoms with E-state index in [-0.39, 0.29) is 11.9 Å². The van der Waals surface area contributed by atoms with Crippen molar-refractivity contribution in [3.05, 3.63) is 28.8 Å². The summed E-state index contributed by atoms with van der Waals surface area (Å²) in [5.74, 6) is -0.202. The zero-order chi connectivity index (χ0) is 12.6. The summed E-state index contributed by atoms with van der Waals surface area (Å²) in [7, 11) is 0. The molecule has 0 radical (unpaired) electrons. The monoisotopic (exact) mass is 232 g/mol. The first kappa shape index (κ1) is 11.6. The van der Waals surface area contributed by atoms with Crippen LogP contribution in [0.5, 0.6) is 0 Å². The van der Waals surface area contributed by atoms with Crippen molar-refractivity contribution in [2.24, 2.45) is 0 Å². The van der Waals surface area contributed by atoms with Crippen molar-refractivity contribution < 1.29 is 9.59 Å². The van der Waals surface area contributed by atoms with Crippen LogP contribution < -0.4 is 10.2 Å². The first-order valence-corrected chi connectivity index (χ1v) is 5.68. The molecule has 1 N–H and O–H groups in total. The number of amides is 3. The molecule has 2 rings (SSSR count). The Kier molecular flexibility index (Phi) is 2.88. The minimum absolute atomic E-state index is 0.202. The molecule has 4 heteroatoms. The van der Waals surface area contributed by atoms with Gasteiger partial charge in [-0.25, -0.2) is 4.79 Å². The minimum Gasteiger partial charge on any atom is -0.294 e. The lowest BCUT2D eigenvalue weighted by Gasteiger charge is -2.27. The lowest BCUT2D eigenvalue weighted by atomic mass is 10.0. The number of rotatable bonds is 1. The number of benzene rings is 1. The van der Waals surface area contributed by atoms with Crippen LogP contribution in [-0.4, -0.2) is 18.5 Å². The molecule has 0 saturated carbocycles. The van der Waals surface area contributed by atoms with E-state index in [1.54, 1.807) is 4.90 Å². The molecule has 0 bridgehead atoms. The summed E-state index contributed by atoms with van der Waals surface area (Å²) in [6.45, 7) is 6.57. The van der Waals surface area contributed by atoms with Crippen molar-refractivity contribution >= 4 is 17.6 Å². The number of imide groups is 1. The van der Waals surface area contributed by atoms with Crippen molar-refractivity contribution in [3.63, 3.8) is 0 Å². The summed E-state index contributed by atoms with van der Waals surface area (Å²) >= 11 is 0. The van der Waals surface area contributed by atoms with E-state index in [9.17, 15) is 9.59 Å². The Bertz CT molecular complexity index is 471. The summed E-state index contributed by atoms with van der Waals surface area (Å²) in [4.78, 5) is 24.4. The molecule has 0 aliphatic carbocycles. The summed E-state index contributed by atoms with van der Waals surface area (Å²) in [5, 5.41) is 2.33. The van der Waals surface area contributed by atoms with Gasteiger partial charge in [-0.3, -0.25) is 15.0 Å². The van der Waals surface area contributed by atoms with Crippen LogP contribution >= 0.6 is 0 Å². The minimum atomic E-state index is -0.330. The van der Waals surface area contributed by atoms with E-state index in [1.807, 2.05) is 26.0 Å². The Morgan fingerprint density at radius 3 is 2.24 bits per heavy atom. The molecule has 1 heterocycles. The standard InChI is InChI=1S/C13H16N2O2/c1-8-6-11(7-9(2)10(8)3)15-5-4-12(16)14-13(15)17/h6-7H,4-5H2,1-3H3,(H,14,16,17). The number of carbonyl (C=O) groups excluding carboxylic acids is 2. The van der Waals surface area contributed by atoms with E-state index in [2.05, 4.69) is 12.2 Å². The van der Waals surface area contributed by atoms with Crippen molar-refractivity contribution in [1.82, 2.24) is 5.32 Å². The Morgan fingerprint density at radius 1 is 1.12 bits per heavy atom. The predicted molar refractivity (Wildman–Crippen MR) is 66.2 cm³/mol. The van der Waals surface area contributed by atoms with Crippen LogP contribution in [0.15, 0.2) is 12.1 Å². The number of aryl methyl sites for hydroxylation is 2. The highest BCUT2D eigenvalue weighted by Gasteiger charge is 2.24. The zero-order valence-corrected chi connectivity index (χ0v) is 10.3. The summed E-state index contributed by atoms with van der Waals surface area (Å²) < 4.78 is 0. The lowest BCUT2D eigenvalue weighted by molar-refractivity contribution is -0.120. The second kappa shape index (κ2) is 4.20. The number of nitrogens with zero attached hydrogens (tertiary/aromatic N) is 1. The number of hydrogen-bond acceptors (Lipinski definition) is 2.